The molecule has 0 bridgehead atoms. The van der Waals surface area contributed by atoms with Gasteiger partial charge in [-0.3, -0.25) is 9.89 Å². The molecule has 0 spiro atoms. The number of rotatable bonds is 5. The lowest BCUT2D eigenvalue weighted by Crippen LogP contribution is -2.50. The summed E-state index contributed by atoms with van der Waals surface area (Å²) in [6.07, 6.45) is 3.40. The van der Waals surface area contributed by atoms with Gasteiger partial charge in [0.05, 0.1) is 6.54 Å². The minimum Gasteiger partial charge on any atom is -0.488 e. The molecule has 1 atom stereocenters. The predicted octanol–water partition coefficient (Wildman–Crippen LogP) is 3.44. The van der Waals surface area contributed by atoms with E-state index in [1.807, 2.05) is 19.2 Å². The van der Waals surface area contributed by atoms with Crippen molar-refractivity contribution in [2.75, 3.05) is 26.7 Å². The number of hydrogen-bond acceptors (Lipinski definition) is 3. The number of ether oxygens (including phenoxy) is 1. The van der Waals surface area contributed by atoms with Crippen LogP contribution < -0.4 is 15.4 Å². The molecule has 2 aliphatic heterocycles. The second kappa shape index (κ2) is 10.8. The van der Waals surface area contributed by atoms with Gasteiger partial charge in [0.25, 0.3) is 0 Å². The number of piperidine rings is 1. The number of halogens is 1. The maximum atomic E-state index is 6.01. The zero-order valence-electron chi connectivity index (χ0n) is 17.0. The summed E-state index contributed by atoms with van der Waals surface area (Å²) in [4.78, 5) is 6.94. The van der Waals surface area contributed by atoms with Gasteiger partial charge in [-0.25, -0.2) is 0 Å². The summed E-state index contributed by atoms with van der Waals surface area (Å²) in [7, 11) is 1.84. The first-order valence-corrected chi connectivity index (χ1v) is 10.3. The molecule has 4 rings (SSSR count). The van der Waals surface area contributed by atoms with Crippen molar-refractivity contribution in [2.24, 2.45) is 4.99 Å². The molecular weight excluding hydrogens is 475 g/mol. The Bertz CT molecular complexity index is 765. The molecule has 2 N–H and O–H groups in total. The molecule has 29 heavy (non-hydrogen) atoms. The number of para-hydroxylation sites is 1. The van der Waals surface area contributed by atoms with Crippen molar-refractivity contribution in [2.45, 2.75) is 38.0 Å². The van der Waals surface area contributed by atoms with Gasteiger partial charge in [-0.1, -0.05) is 48.5 Å². The van der Waals surface area contributed by atoms with E-state index in [-0.39, 0.29) is 30.1 Å². The van der Waals surface area contributed by atoms with Crippen LogP contribution in [0, 0.1) is 0 Å². The van der Waals surface area contributed by atoms with Crippen molar-refractivity contribution in [1.82, 2.24) is 15.5 Å². The highest BCUT2D eigenvalue weighted by molar-refractivity contribution is 14.0. The summed E-state index contributed by atoms with van der Waals surface area (Å²) in [5, 5.41) is 7.04. The van der Waals surface area contributed by atoms with Crippen LogP contribution >= 0.6 is 24.0 Å². The van der Waals surface area contributed by atoms with Gasteiger partial charge in [0.15, 0.2) is 5.96 Å². The van der Waals surface area contributed by atoms with Crippen LogP contribution in [0.1, 0.15) is 24.0 Å². The number of benzene rings is 2. The molecule has 0 aliphatic carbocycles. The Hall–Kier alpha value is -1.80. The van der Waals surface area contributed by atoms with Gasteiger partial charge in [-0.2, -0.15) is 0 Å². The maximum absolute atomic E-state index is 6.01. The average Bonchev–Trinajstić information content (AvgIpc) is 3.16. The van der Waals surface area contributed by atoms with Crippen molar-refractivity contribution < 1.29 is 4.74 Å². The van der Waals surface area contributed by atoms with Gasteiger partial charge in [-0.05, 0) is 30.0 Å². The van der Waals surface area contributed by atoms with Crippen molar-refractivity contribution in [3.63, 3.8) is 0 Å². The molecule has 0 aromatic heterocycles. The molecule has 0 amide bonds. The zero-order chi connectivity index (χ0) is 19.2. The summed E-state index contributed by atoms with van der Waals surface area (Å²) in [6.45, 7) is 4.04. The molecule has 2 heterocycles. The van der Waals surface area contributed by atoms with Crippen molar-refractivity contribution in [3.05, 3.63) is 65.7 Å². The van der Waals surface area contributed by atoms with Crippen LogP contribution in [0.25, 0.3) is 0 Å². The monoisotopic (exact) mass is 506 g/mol. The Kier molecular flexibility index (Phi) is 8.18. The Morgan fingerprint density at radius 3 is 2.52 bits per heavy atom. The van der Waals surface area contributed by atoms with Crippen LogP contribution in [-0.4, -0.2) is 49.7 Å². The highest BCUT2D eigenvalue weighted by Gasteiger charge is 2.23. The van der Waals surface area contributed by atoms with E-state index in [1.54, 1.807) is 0 Å². The number of likely N-dealkylation sites (tertiary alicyclic amines) is 1. The summed E-state index contributed by atoms with van der Waals surface area (Å²) in [5.74, 6) is 1.89. The van der Waals surface area contributed by atoms with Crippen LogP contribution in [0.5, 0.6) is 5.75 Å². The Balaban J connectivity index is 0.00000240. The quantitative estimate of drug-likeness (QED) is 0.371. The Morgan fingerprint density at radius 1 is 1.07 bits per heavy atom. The second-order valence-electron chi connectivity index (χ2n) is 7.69. The van der Waals surface area contributed by atoms with Crippen LogP contribution in [0.4, 0.5) is 0 Å². The van der Waals surface area contributed by atoms with Gasteiger partial charge >= 0.3 is 0 Å². The summed E-state index contributed by atoms with van der Waals surface area (Å²) >= 11 is 0. The maximum Gasteiger partial charge on any atom is 0.191 e. The van der Waals surface area contributed by atoms with E-state index in [0.717, 1.165) is 57.2 Å². The molecule has 0 radical (unpaired) electrons. The molecule has 1 unspecified atom stereocenters. The molecule has 1 fully saturated rings. The van der Waals surface area contributed by atoms with E-state index in [2.05, 4.69) is 63.0 Å². The van der Waals surface area contributed by atoms with E-state index in [0.29, 0.717) is 6.04 Å². The largest absolute Gasteiger partial charge is 0.488 e. The average molecular weight is 506 g/mol. The first kappa shape index (κ1) is 21.9. The molecular formula is C23H31IN4O. The number of nitrogens with one attached hydrogen (secondary N) is 2. The smallest absolute Gasteiger partial charge is 0.191 e. The summed E-state index contributed by atoms with van der Waals surface area (Å²) < 4.78 is 6.01. The third kappa shape index (κ3) is 6.09. The lowest BCUT2D eigenvalue weighted by Gasteiger charge is -2.33. The van der Waals surface area contributed by atoms with Crippen LogP contribution in [0.3, 0.4) is 0 Å². The topological polar surface area (TPSA) is 48.9 Å². The van der Waals surface area contributed by atoms with Gasteiger partial charge in [0.1, 0.15) is 11.9 Å². The lowest BCUT2D eigenvalue weighted by molar-refractivity contribution is 0.198. The number of guanidine groups is 1. The minimum atomic E-state index is 0. The molecule has 2 aromatic rings. The minimum absolute atomic E-state index is 0. The highest BCUT2D eigenvalue weighted by Crippen LogP contribution is 2.27. The normalized spacial score (nSPS) is 19.8. The first-order valence-electron chi connectivity index (χ1n) is 10.3. The lowest BCUT2D eigenvalue weighted by atomic mass is 10.0. The van der Waals surface area contributed by atoms with Crippen molar-refractivity contribution >= 4 is 29.9 Å². The predicted molar refractivity (Wildman–Crippen MR) is 129 cm³/mol. The Labute approximate surface area is 191 Å². The van der Waals surface area contributed by atoms with E-state index in [1.165, 1.54) is 11.1 Å². The fourth-order valence-corrected chi connectivity index (χ4v) is 4.04. The first-order chi connectivity index (χ1) is 13.8. The van der Waals surface area contributed by atoms with E-state index in [4.69, 9.17) is 4.74 Å². The third-order valence-corrected chi connectivity index (χ3v) is 5.61. The summed E-state index contributed by atoms with van der Waals surface area (Å²) in [6, 6.07) is 19.5. The molecule has 156 valence electrons. The SMILES string of the molecule is CN=C(NCC1Cc2ccccc2O1)NC1CCN(Cc2ccccc2)CC1.I. The molecule has 1 saturated heterocycles. The number of aliphatic imine (C=N–C) groups is 1. The second-order valence-corrected chi connectivity index (χ2v) is 7.69. The van der Waals surface area contributed by atoms with Crippen LogP contribution in [-0.2, 0) is 13.0 Å². The fourth-order valence-electron chi connectivity index (χ4n) is 4.04. The van der Waals surface area contributed by atoms with Gasteiger partial charge in [0.2, 0.25) is 0 Å². The van der Waals surface area contributed by atoms with E-state index in [9.17, 15) is 0 Å². The molecule has 2 aromatic carbocycles. The molecule has 2 aliphatic rings. The summed E-state index contributed by atoms with van der Waals surface area (Å²) in [5.41, 5.74) is 2.69. The highest BCUT2D eigenvalue weighted by atomic mass is 127. The molecule has 0 saturated carbocycles. The third-order valence-electron chi connectivity index (χ3n) is 5.61. The van der Waals surface area contributed by atoms with Crippen LogP contribution in [0.15, 0.2) is 59.6 Å². The number of hydrogen-bond donors (Lipinski definition) is 2. The van der Waals surface area contributed by atoms with Gasteiger partial charge < -0.3 is 15.4 Å². The van der Waals surface area contributed by atoms with Crippen LogP contribution in [0.2, 0.25) is 0 Å². The molecule has 5 nitrogen and oxygen atoms in total. The van der Waals surface area contributed by atoms with Gasteiger partial charge in [-0.15, -0.1) is 24.0 Å². The molecule has 6 heteroatoms. The Morgan fingerprint density at radius 2 is 1.79 bits per heavy atom. The standard InChI is InChI=1S/C23H30N4O.HI/c1-24-23(25-16-21-15-19-9-5-6-10-22(19)28-21)26-20-11-13-27(14-12-20)17-18-7-3-2-4-8-18;/h2-10,20-21H,11-17H2,1H3,(H2,24,25,26);1H. The van der Waals surface area contributed by atoms with E-state index < -0.39 is 0 Å². The zero-order valence-corrected chi connectivity index (χ0v) is 19.3. The van der Waals surface area contributed by atoms with E-state index >= 15 is 0 Å². The number of fused-ring (bicyclic) bond motifs is 1. The van der Waals surface area contributed by atoms with Crippen molar-refractivity contribution in [3.8, 4) is 5.75 Å². The van der Waals surface area contributed by atoms with Crippen molar-refractivity contribution in [1.29, 1.82) is 0 Å². The fraction of sp³-hybridized carbons (Fsp3) is 0.435. The van der Waals surface area contributed by atoms with Gasteiger partial charge in [0, 0.05) is 39.1 Å². The number of nitrogens with zero attached hydrogens (tertiary/aromatic N) is 2.